The summed E-state index contributed by atoms with van der Waals surface area (Å²) in [7, 11) is 0. The smallest absolute Gasteiger partial charge is 0.336 e. The molecule has 3 aromatic rings. The van der Waals surface area contributed by atoms with Crippen LogP contribution in [0.4, 0.5) is 5.69 Å². The normalized spacial score (nSPS) is 10.6. The van der Waals surface area contributed by atoms with Gasteiger partial charge >= 0.3 is 5.63 Å². The number of carbonyl (C=O) groups is 1. The van der Waals surface area contributed by atoms with Crippen molar-refractivity contribution >= 4 is 22.6 Å². The summed E-state index contributed by atoms with van der Waals surface area (Å²) < 4.78 is 5.06. The van der Waals surface area contributed by atoms with Crippen molar-refractivity contribution in [3.05, 3.63) is 76.1 Å². The summed E-state index contributed by atoms with van der Waals surface area (Å²) >= 11 is 0. The predicted molar refractivity (Wildman–Crippen MR) is 86.3 cm³/mol. The molecule has 0 aliphatic heterocycles. The summed E-state index contributed by atoms with van der Waals surface area (Å²) in [6, 6.07) is 15.7. The van der Waals surface area contributed by atoms with Crippen molar-refractivity contribution in [1.82, 2.24) is 0 Å². The van der Waals surface area contributed by atoms with Crippen LogP contribution in [0, 0.1) is 0 Å². The van der Waals surface area contributed by atoms with Gasteiger partial charge in [0.05, 0.1) is 0 Å². The molecule has 4 nitrogen and oxygen atoms in total. The van der Waals surface area contributed by atoms with Gasteiger partial charge < -0.3 is 9.73 Å². The van der Waals surface area contributed by atoms with Gasteiger partial charge in [-0.2, -0.15) is 0 Å². The maximum absolute atomic E-state index is 12.2. The third-order valence-electron chi connectivity index (χ3n) is 3.50. The molecule has 0 unspecified atom stereocenters. The molecule has 0 fully saturated rings. The lowest BCUT2D eigenvalue weighted by atomic mass is 10.1. The Bertz CT molecular complexity index is 879. The van der Waals surface area contributed by atoms with E-state index in [1.54, 1.807) is 24.3 Å². The molecule has 0 radical (unpaired) electrons. The van der Waals surface area contributed by atoms with Gasteiger partial charge in [0.1, 0.15) is 5.58 Å². The molecule has 4 heteroatoms. The first-order valence-corrected chi connectivity index (χ1v) is 7.10. The molecule has 0 spiro atoms. The van der Waals surface area contributed by atoms with E-state index in [9.17, 15) is 9.59 Å². The van der Waals surface area contributed by atoms with Crippen LogP contribution in [-0.2, 0) is 6.42 Å². The number of amides is 1. The molecule has 1 heterocycles. The van der Waals surface area contributed by atoms with Gasteiger partial charge in [-0.25, -0.2) is 4.79 Å². The average molecular weight is 293 g/mol. The lowest BCUT2D eigenvalue weighted by molar-refractivity contribution is 0.102. The number of aryl methyl sites for hydroxylation is 1. The van der Waals surface area contributed by atoms with Crippen molar-refractivity contribution in [1.29, 1.82) is 0 Å². The van der Waals surface area contributed by atoms with Crippen LogP contribution >= 0.6 is 0 Å². The molecule has 1 N–H and O–H groups in total. The van der Waals surface area contributed by atoms with Crippen molar-refractivity contribution in [2.45, 2.75) is 13.3 Å². The van der Waals surface area contributed by atoms with E-state index < -0.39 is 0 Å². The van der Waals surface area contributed by atoms with E-state index in [1.165, 1.54) is 11.6 Å². The topological polar surface area (TPSA) is 59.3 Å². The van der Waals surface area contributed by atoms with Crippen LogP contribution in [0.1, 0.15) is 22.8 Å². The third-order valence-corrected chi connectivity index (χ3v) is 3.50. The molecule has 2 aromatic carbocycles. The Balaban J connectivity index is 1.83. The van der Waals surface area contributed by atoms with Crippen LogP contribution in [0.25, 0.3) is 11.0 Å². The second-order valence-electron chi connectivity index (χ2n) is 5.01. The lowest BCUT2D eigenvalue weighted by Crippen LogP contribution is -2.11. The predicted octanol–water partition coefficient (Wildman–Crippen LogP) is 3.61. The minimum atomic E-state index is -0.389. The van der Waals surface area contributed by atoms with E-state index in [0.717, 1.165) is 11.8 Å². The van der Waals surface area contributed by atoms with Crippen molar-refractivity contribution in [2.24, 2.45) is 0 Å². The number of fused-ring (bicyclic) bond motifs is 1. The van der Waals surface area contributed by atoms with Crippen molar-refractivity contribution in [3.63, 3.8) is 0 Å². The monoisotopic (exact) mass is 293 g/mol. The van der Waals surface area contributed by atoms with Crippen LogP contribution in [-0.4, -0.2) is 5.91 Å². The second-order valence-corrected chi connectivity index (χ2v) is 5.01. The molecular weight excluding hydrogens is 278 g/mol. The molecular formula is C18H15NO3. The van der Waals surface area contributed by atoms with Crippen LogP contribution in [0.3, 0.4) is 0 Å². The fraction of sp³-hybridized carbons (Fsp3) is 0.111. The minimum Gasteiger partial charge on any atom is -0.423 e. The fourth-order valence-corrected chi connectivity index (χ4v) is 2.24. The second kappa shape index (κ2) is 5.85. The molecule has 22 heavy (non-hydrogen) atoms. The molecule has 1 amide bonds. The largest absolute Gasteiger partial charge is 0.423 e. The highest BCUT2D eigenvalue weighted by molar-refractivity contribution is 6.05. The van der Waals surface area contributed by atoms with Gasteiger partial charge in [-0.1, -0.05) is 19.1 Å². The molecule has 0 saturated carbocycles. The first-order chi connectivity index (χ1) is 10.7. The first kappa shape index (κ1) is 14.1. The Morgan fingerprint density at radius 3 is 2.55 bits per heavy atom. The zero-order chi connectivity index (χ0) is 15.5. The van der Waals surface area contributed by atoms with E-state index in [-0.39, 0.29) is 11.5 Å². The lowest BCUT2D eigenvalue weighted by Gasteiger charge is -2.07. The third kappa shape index (κ3) is 2.91. The Morgan fingerprint density at radius 1 is 1.05 bits per heavy atom. The molecule has 0 atom stereocenters. The van der Waals surface area contributed by atoms with Gasteiger partial charge in [-0.15, -0.1) is 0 Å². The van der Waals surface area contributed by atoms with E-state index >= 15 is 0 Å². The zero-order valence-corrected chi connectivity index (χ0v) is 12.1. The summed E-state index contributed by atoms with van der Waals surface area (Å²) in [5.41, 5.74) is 2.57. The Labute approximate surface area is 127 Å². The summed E-state index contributed by atoms with van der Waals surface area (Å²) in [6.07, 6.45) is 0.942. The maximum Gasteiger partial charge on any atom is 0.336 e. The number of carbonyl (C=O) groups excluding carboxylic acids is 1. The Hall–Kier alpha value is -2.88. The molecule has 110 valence electrons. The number of nitrogens with one attached hydrogen (secondary N) is 1. The molecule has 0 aliphatic carbocycles. The van der Waals surface area contributed by atoms with Crippen molar-refractivity contribution in [2.75, 3.05) is 5.32 Å². The van der Waals surface area contributed by atoms with Crippen LogP contribution in [0.2, 0.25) is 0 Å². The highest BCUT2D eigenvalue weighted by Crippen LogP contribution is 2.18. The van der Waals surface area contributed by atoms with E-state index in [2.05, 4.69) is 12.2 Å². The Morgan fingerprint density at radius 2 is 1.82 bits per heavy atom. The maximum atomic E-state index is 12.2. The average Bonchev–Trinajstić information content (AvgIpc) is 2.55. The quantitative estimate of drug-likeness (QED) is 0.750. The van der Waals surface area contributed by atoms with Gasteiger partial charge in [0.15, 0.2) is 0 Å². The SMILES string of the molecule is CCc1ccc(C(=O)Nc2ccc3oc(=O)ccc3c2)cc1. The Kier molecular flexibility index (Phi) is 3.74. The van der Waals surface area contributed by atoms with Crippen LogP contribution in [0.15, 0.2) is 63.8 Å². The minimum absolute atomic E-state index is 0.167. The summed E-state index contributed by atoms with van der Waals surface area (Å²) in [5.74, 6) is -0.167. The standard InChI is InChI=1S/C18H15NO3/c1-2-12-3-5-13(6-4-12)18(21)19-15-8-9-16-14(11-15)7-10-17(20)22-16/h3-11H,2H2,1H3,(H,19,21). The van der Waals surface area contributed by atoms with Crippen LogP contribution < -0.4 is 10.9 Å². The molecule has 3 rings (SSSR count). The molecule has 0 aliphatic rings. The van der Waals surface area contributed by atoms with Gasteiger partial charge in [-0.3, -0.25) is 4.79 Å². The number of anilines is 1. The van der Waals surface area contributed by atoms with Gasteiger partial charge in [0.25, 0.3) is 5.91 Å². The van der Waals surface area contributed by atoms with E-state index in [1.807, 2.05) is 24.3 Å². The molecule has 0 bridgehead atoms. The molecule has 0 saturated heterocycles. The van der Waals surface area contributed by atoms with Gasteiger partial charge in [-0.05, 0) is 48.4 Å². The highest BCUT2D eigenvalue weighted by atomic mass is 16.4. The van der Waals surface area contributed by atoms with E-state index in [0.29, 0.717) is 16.8 Å². The van der Waals surface area contributed by atoms with Gasteiger partial charge in [0, 0.05) is 22.7 Å². The number of benzene rings is 2. The number of rotatable bonds is 3. The summed E-state index contributed by atoms with van der Waals surface area (Å²) in [5, 5.41) is 3.61. The van der Waals surface area contributed by atoms with Crippen LogP contribution in [0.5, 0.6) is 0 Å². The molecule has 1 aromatic heterocycles. The zero-order valence-electron chi connectivity index (χ0n) is 12.1. The summed E-state index contributed by atoms with van der Waals surface area (Å²) in [4.78, 5) is 23.4. The summed E-state index contributed by atoms with van der Waals surface area (Å²) in [6.45, 7) is 2.07. The van der Waals surface area contributed by atoms with Crippen molar-refractivity contribution < 1.29 is 9.21 Å². The van der Waals surface area contributed by atoms with E-state index in [4.69, 9.17) is 4.42 Å². The van der Waals surface area contributed by atoms with Crippen molar-refractivity contribution in [3.8, 4) is 0 Å². The fourth-order valence-electron chi connectivity index (χ4n) is 2.24. The highest BCUT2D eigenvalue weighted by Gasteiger charge is 2.07. The number of hydrogen-bond donors (Lipinski definition) is 1. The number of hydrogen-bond acceptors (Lipinski definition) is 3. The first-order valence-electron chi connectivity index (χ1n) is 7.10. The van der Waals surface area contributed by atoms with Gasteiger partial charge in [0.2, 0.25) is 0 Å².